The van der Waals surface area contributed by atoms with Crippen molar-refractivity contribution in [1.82, 2.24) is 20.2 Å². The molecule has 1 aliphatic rings. The molecule has 1 saturated heterocycles. The first-order valence-electron chi connectivity index (χ1n) is 12.2. The molecule has 0 radical (unpaired) electrons. The number of carbonyl (C=O) groups excluding carboxylic acids is 2. The number of anilines is 1. The van der Waals surface area contributed by atoms with Gasteiger partial charge in [-0.25, -0.2) is 18.7 Å². The third kappa shape index (κ3) is 6.56. The minimum Gasteiger partial charge on any atom is -0.389 e. The fraction of sp³-hybridized carbons (Fsp3) is 0.600. The lowest BCUT2D eigenvalue weighted by molar-refractivity contribution is 0.0692. The number of halogens is 2. The van der Waals surface area contributed by atoms with Crippen LogP contribution in [-0.4, -0.2) is 62.6 Å². The number of nitrogens with zero attached hydrogens (tertiary/aromatic N) is 3. The lowest BCUT2D eigenvalue weighted by atomic mass is 10.1. The van der Waals surface area contributed by atoms with Crippen LogP contribution in [0, 0.1) is 5.92 Å². The molecule has 36 heavy (non-hydrogen) atoms. The maximum Gasteiger partial charge on any atom is 0.280 e. The number of carbonyl (C=O) groups is 2. The van der Waals surface area contributed by atoms with Crippen LogP contribution >= 0.6 is 11.3 Å². The molecule has 2 atom stereocenters. The Balaban J connectivity index is 2.07. The van der Waals surface area contributed by atoms with Gasteiger partial charge in [-0.15, -0.1) is 11.3 Å². The van der Waals surface area contributed by atoms with Gasteiger partial charge in [-0.1, -0.05) is 13.8 Å². The van der Waals surface area contributed by atoms with Crippen LogP contribution < -0.4 is 10.6 Å². The van der Waals surface area contributed by atoms with E-state index in [-0.39, 0.29) is 51.3 Å². The van der Waals surface area contributed by atoms with Crippen LogP contribution in [0.1, 0.15) is 86.7 Å². The predicted octanol–water partition coefficient (Wildman–Crippen LogP) is 4.72. The molecule has 8 nitrogen and oxygen atoms in total. The standard InChI is InChI=1S/C25H35F2N5O3S/c1-13(2)15(4)30-18-10-16(21(26)27)17(11-28-18)20-19(24(34)32-9-7-8-14(32)3)31-23(36-20)22(33)29-12-25(5,6)35/h10-11,13-15,21,35H,7-9,12H2,1-6H3,(H,28,30)(H,29,33)/t14-,15-/m0/s1. The largest absolute Gasteiger partial charge is 0.389 e. The fourth-order valence-corrected chi connectivity index (χ4v) is 4.81. The van der Waals surface area contributed by atoms with Crippen LogP contribution in [0.25, 0.3) is 10.4 Å². The number of nitrogens with one attached hydrogen (secondary N) is 2. The van der Waals surface area contributed by atoms with Crippen LogP contribution in [0.15, 0.2) is 12.3 Å². The van der Waals surface area contributed by atoms with Crippen LogP contribution in [-0.2, 0) is 0 Å². The van der Waals surface area contributed by atoms with E-state index in [1.54, 1.807) is 18.7 Å². The van der Waals surface area contributed by atoms with Gasteiger partial charge in [-0.3, -0.25) is 9.59 Å². The summed E-state index contributed by atoms with van der Waals surface area (Å²) < 4.78 is 28.5. The Morgan fingerprint density at radius 1 is 1.31 bits per heavy atom. The molecule has 0 bridgehead atoms. The van der Waals surface area contributed by atoms with E-state index in [1.165, 1.54) is 12.3 Å². The average Bonchev–Trinajstić information content (AvgIpc) is 3.43. The summed E-state index contributed by atoms with van der Waals surface area (Å²) in [5, 5.41) is 15.6. The lowest BCUT2D eigenvalue weighted by Gasteiger charge is -2.21. The second-order valence-electron chi connectivity index (χ2n) is 10.3. The fourth-order valence-electron chi connectivity index (χ4n) is 3.81. The van der Waals surface area contributed by atoms with Crippen LogP contribution in [0.3, 0.4) is 0 Å². The van der Waals surface area contributed by atoms with Gasteiger partial charge in [0, 0.05) is 42.5 Å². The van der Waals surface area contributed by atoms with Crippen molar-refractivity contribution in [3.63, 3.8) is 0 Å². The van der Waals surface area contributed by atoms with E-state index < -0.39 is 23.8 Å². The van der Waals surface area contributed by atoms with Crippen molar-refractivity contribution in [3.05, 3.63) is 28.5 Å². The van der Waals surface area contributed by atoms with Gasteiger partial charge in [0.1, 0.15) is 11.5 Å². The Bertz CT molecular complexity index is 1100. The van der Waals surface area contributed by atoms with Gasteiger partial charge in [-0.2, -0.15) is 0 Å². The van der Waals surface area contributed by atoms with Gasteiger partial charge >= 0.3 is 0 Å². The van der Waals surface area contributed by atoms with Crippen molar-refractivity contribution in [2.75, 3.05) is 18.4 Å². The summed E-state index contributed by atoms with van der Waals surface area (Å²) in [7, 11) is 0. The van der Waals surface area contributed by atoms with Crippen molar-refractivity contribution >= 4 is 29.0 Å². The molecule has 11 heteroatoms. The molecule has 2 amide bonds. The molecular formula is C25H35F2N5O3S. The number of thiazole rings is 1. The highest BCUT2D eigenvalue weighted by molar-refractivity contribution is 7.17. The molecule has 0 spiro atoms. The summed E-state index contributed by atoms with van der Waals surface area (Å²) in [5.74, 6) is -0.417. The van der Waals surface area contributed by atoms with E-state index in [2.05, 4.69) is 20.6 Å². The monoisotopic (exact) mass is 523 g/mol. The number of amides is 2. The normalized spacial score (nSPS) is 17.1. The number of alkyl halides is 2. The summed E-state index contributed by atoms with van der Waals surface area (Å²) in [5.41, 5.74) is -1.41. The first kappa shape index (κ1) is 27.9. The highest BCUT2D eigenvalue weighted by Crippen LogP contribution is 2.39. The Morgan fingerprint density at radius 3 is 2.56 bits per heavy atom. The Morgan fingerprint density at radius 2 is 2.00 bits per heavy atom. The Hall–Kier alpha value is -2.66. The summed E-state index contributed by atoms with van der Waals surface area (Å²) in [6, 6.07) is 1.28. The van der Waals surface area contributed by atoms with E-state index in [0.29, 0.717) is 12.4 Å². The van der Waals surface area contributed by atoms with Gasteiger partial charge in [0.05, 0.1) is 10.5 Å². The Kier molecular flexibility index (Phi) is 8.66. The van der Waals surface area contributed by atoms with E-state index in [4.69, 9.17) is 0 Å². The molecule has 0 aromatic carbocycles. The molecule has 2 aromatic heterocycles. The summed E-state index contributed by atoms with van der Waals surface area (Å²) in [4.78, 5) is 36.7. The SMILES string of the molecule is CC(C)[C@H](C)Nc1cc(C(F)F)c(-c2sc(C(=O)NCC(C)(C)O)nc2C(=O)N2CCC[C@@H]2C)cn1. The minimum absolute atomic E-state index is 0.0112. The van der Waals surface area contributed by atoms with E-state index in [9.17, 15) is 23.5 Å². The molecule has 3 heterocycles. The molecule has 0 saturated carbocycles. The number of aromatic nitrogens is 2. The zero-order valence-electron chi connectivity index (χ0n) is 21.6. The molecular weight excluding hydrogens is 488 g/mol. The zero-order chi connectivity index (χ0) is 26.8. The molecule has 2 aromatic rings. The maximum absolute atomic E-state index is 14.2. The topological polar surface area (TPSA) is 107 Å². The first-order chi connectivity index (χ1) is 16.8. The minimum atomic E-state index is -2.83. The van der Waals surface area contributed by atoms with Crippen LogP contribution in [0.2, 0.25) is 0 Å². The highest BCUT2D eigenvalue weighted by atomic mass is 32.1. The van der Waals surface area contributed by atoms with Gasteiger partial charge in [0.25, 0.3) is 18.2 Å². The molecule has 0 unspecified atom stereocenters. The molecule has 3 rings (SSSR count). The number of aliphatic hydroxyl groups is 1. The second-order valence-corrected chi connectivity index (χ2v) is 11.3. The number of rotatable bonds is 9. The summed E-state index contributed by atoms with van der Waals surface area (Å²) in [6.07, 6.45) is 0.153. The first-order valence-corrected chi connectivity index (χ1v) is 13.0. The Labute approximate surface area is 214 Å². The zero-order valence-corrected chi connectivity index (χ0v) is 22.4. The number of hydrogen-bond acceptors (Lipinski definition) is 7. The molecule has 3 N–H and O–H groups in total. The van der Waals surface area contributed by atoms with Crippen molar-refractivity contribution in [3.8, 4) is 10.4 Å². The average molecular weight is 524 g/mol. The third-order valence-electron chi connectivity index (χ3n) is 6.31. The maximum atomic E-state index is 14.2. The van der Waals surface area contributed by atoms with Crippen molar-refractivity contribution in [2.24, 2.45) is 5.92 Å². The molecule has 0 aliphatic carbocycles. The number of likely N-dealkylation sites (tertiary alicyclic amines) is 1. The van der Waals surface area contributed by atoms with Gasteiger partial charge in [0.15, 0.2) is 5.01 Å². The number of hydrogen-bond donors (Lipinski definition) is 3. The molecule has 1 aliphatic heterocycles. The summed E-state index contributed by atoms with van der Waals surface area (Å²) >= 11 is 0.870. The van der Waals surface area contributed by atoms with Crippen molar-refractivity contribution < 1.29 is 23.5 Å². The number of pyridine rings is 1. The van der Waals surface area contributed by atoms with Crippen molar-refractivity contribution in [2.45, 2.75) is 78.5 Å². The van der Waals surface area contributed by atoms with E-state index >= 15 is 0 Å². The van der Waals surface area contributed by atoms with Crippen LogP contribution in [0.5, 0.6) is 0 Å². The predicted molar refractivity (Wildman–Crippen MR) is 137 cm³/mol. The van der Waals surface area contributed by atoms with E-state index in [1.807, 2.05) is 27.7 Å². The smallest absolute Gasteiger partial charge is 0.280 e. The third-order valence-corrected chi connectivity index (χ3v) is 7.40. The quantitative estimate of drug-likeness (QED) is 0.439. The van der Waals surface area contributed by atoms with Gasteiger partial charge in [-0.05, 0) is 52.5 Å². The highest BCUT2D eigenvalue weighted by Gasteiger charge is 2.33. The van der Waals surface area contributed by atoms with Crippen molar-refractivity contribution in [1.29, 1.82) is 0 Å². The van der Waals surface area contributed by atoms with Gasteiger partial charge in [0.2, 0.25) is 0 Å². The molecule has 1 fully saturated rings. The van der Waals surface area contributed by atoms with Gasteiger partial charge < -0.3 is 20.6 Å². The van der Waals surface area contributed by atoms with Crippen LogP contribution in [0.4, 0.5) is 14.6 Å². The second kappa shape index (κ2) is 11.2. The van der Waals surface area contributed by atoms with E-state index in [0.717, 1.165) is 24.2 Å². The summed E-state index contributed by atoms with van der Waals surface area (Å²) in [6.45, 7) is 11.5. The molecule has 198 valence electrons. The lowest BCUT2D eigenvalue weighted by Crippen LogP contribution is -2.38.